The van der Waals surface area contributed by atoms with Gasteiger partial charge in [0.1, 0.15) is 0 Å². The van der Waals surface area contributed by atoms with Crippen LogP contribution in [0.5, 0.6) is 0 Å². The van der Waals surface area contributed by atoms with Crippen LogP contribution >= 0.6 is 0 Å². The third-order valence-corrected chi connectivity index (χ3v) is 2.98. The Bertz CT molecular complexity index is 555. The first-order valence-corrected chi connectivity index (χ1v) is 5.28. The lowest BCUT2D eigenvalue weighted by molar-refractivity contribution is 1.07. The molecule has 2 heterocycles. The summed E-state index contributed by atoms with van der Waals surface area (Å²) >= 11 is 0. The van der Waals surface area contributed by atoms with Crippen molar-refractivity contribution in [1.29, 1.82) is 0 Å². The molecule has 1 aromatic carbocycles. The van der Waals surface area contributed by atoms with Crippen molar-refractivity contribution < 1.29 is 0 Å². The zero-order valence-corrected chi connectivity index (χ0v) is 8.99. The van der Waals surface area contributed by atoms with E-state index in [2.05, 4.69) is 60.7 Å². The van der Waals surface area contributed by atoms with Gasteiger partial charge < -0.3 is 10.2 Å². The molecule has 1 atom stereocenters. The third-order valence-electron chi connectivity index (χ3n) is 2.98. The van der Waals surface area contributed by atoms with Crippen LogP contribution in [-0.2, 0) is 0 Å². The number of allylic oxidation sites excluding steroid dienone is 1. The molecule has 0 bridgehead atoms. The van der Waals surface area contributed by atoms with Gasteiger partial charge in [-0.1, -0.05) is 24.3 Å². The molecule has 2 heteroatoms. The van der Waals surface area contributed by atoms with E-state index in [9.17, 15) is 0 Å². The van der Waals surface area contributed by atoms with Crippen LogP contribution in [0.2, 0.25) is 0 Å². The predicted molar refractivity (Wildman–Crippen MR) is 65.2 cm³/mol. The Morgan fingerprint density at radius 2 is 2.07 bits per heavy atom. The third kappa shape index (κ3) is 1.18. The number of rotatable bonds is 0. The molecule has 2 nitrogen and oxygen atoms in total. The maximum atomic E-state index is 3.50. The van der Waals surface area contributed by atoms with Crippen molar-refractivity contribution in [3.05, 3.63) is 34.8 Å². The first-order valence-electron chi connectivity index (χ1n) is 5.28. The Morgan fingerprint density at radius 1 is 1.27 bits per heavy atom. The number of hydrogen-bond donors (Lipinski definition) is 1. The fourth-order valence-corrected chi connectivity index (χ4v) is 2.32. The smallest absolute Gasteiger partial charge is 0.0719 e. The Balaban J connectivity index is 2.34. The van der Waals surface area contributed by atoms with E-state index in [1.165, 1.54) is 21.8 Å². The number of anilines is 2. The summed E-state index contributed by atoms with van der Waals surface area (Å²) in [5.41, 5.74) is 2.55. The second-order valence-corrected chi connectivity index (χ2v) is 4.19. The lowest BCUT2D eigenvalue weighted by Gasteiger charge is -2.21. The van der Waals surface area contributed by atoms with Gasteiger partial charge in [-0.25, -0.2) is 0 Å². The normalized spacial score (nSPS) is 21.2. The van der Waals surface area contributed by atoms with Gasteiger partial charge in [0.25, 0.3) is 0 Å². The predicted octanol–water partition coefficient (Wildman–Crippen LogP) is 1.03. The summed E-state index contributed by atoms with van der Waals surface area (Å²) in [6.07, 6.45) is 8.59. The van der Waals surface area contributed by atoms with Crippen molar-refractivity contribution in [2.75, 3.05) is 17.3 Å². The van der Waals surface area contributed by atoms with E-state index in [1.807, 2.05) is 0 Å². The maximum Gasteiger partial charge on any atom is 0.0719 e. The van der Waals surface area contributed by atoms with Crippen molar-refractivity contribution in [3.8, 4) is 0 Å². The Hall–Kier alpha value is -1.70. The minimum Gasteiger partial charge on any atom is -0.377 e. The van der Waals surface area contributed by atoms with E-state index in [0.29, 0.717) is 6.04 Å². The van der Waals surface area contributed by atoms with E-state index >= 15 is 0 Å². The van der Waals surface area contributed by atoms with E-state index in [-0.39, 0.29) is 0 Å². The van der Waals surface area contributed by atoms with Crippen LogP contribution in [0.3, 0.4) is 0 Å². The van der Waals surface area contributed by atoms with Gasteiger partial charge in [-0.15, -0.1) is 0 Å². The molecule has 0 spiro atoms. The fraction of sp³-hybridized carbons (Fsp3) is 0.231. The van der Waals surface area contributed by atoms with Crippen LogP contribution in [0.1, 0.15) is 6.92 Å². The van der Waals surface area contributed by atoms with Crippen molar-refractivity contribution in [2.24, 2.45) is 0 Å². The number of nitrogens with one attached hydrogen (secondary N) is 1. The zero-order chi connectivity index (χ0) is 10.4. The van der Waals surface area contributed by atoms with E-state index < -0.39 is 0 Å². The molecule has 1 unspecified atom stereocenters. The first-order chi connectivity index (χ1) is 7.25. The van der Waals surface area contributed by atoms with Gasteiger partial charge in [0.2, 0.25) is 0 Å². The average Bonchev–Trinajstić information content (AvgIpc) is 2.58. The minimum absolute atomic E-state index is 0.436. The highest BCUT2D eigenvalue weighted by atomic mass is 15.1. The molecule has 3 rings (SSSR count). The SMILES string of the molecule is CC1C=c2ccc3c(c2N1)N(C)C=CC=3. The number of hydrogen-bond acceptors (Lipinski definition) is 2. The summed E-state index contributed by atoms with van der Waals surface area (Å²) in [6, 6.07) is 4.81. The number of nitrogens with zero attached hydrogens (tertiary/aromatic N) is 1. The molecule has 0 fully saturated rings. The molecule has 0 radical (unpaired) electrons. The highest BCUT2D eigenvalue weighted by Crippen LogP contribution is 2.22. The lowest BCUT2D eigenvalue weighted by atomic mass is 10.1. The molecule has 0 amide bonds. The molecular formula is C13H14N2. The Labute approximate surface area is 89.2 Å². The van der Waals surface area contributed by atoms with Gasteiger partial charge in [-0.3, -0.25) is 0 Å². The largest absolute Gasteiger partial charge is 0.377 e. The van der Waals surface area contributed by atoms with Gasteiger partial charge in [-0.2, -0.15) is 0 Å². The van der Waals surface area contributed by atoms with Crippen molar-refractivity contribution >= 4 is 23.5 Å². The molecule has 2 aliphatic heterocycles. The minimum atomic E-state index is 0.436. The van der Waals surface area contributed by atoms with Gasteiger partial charge in [0.05, 0.1) is 11.4 Å². The van der Waals surface area contributed by atoms with Crippen LogP contribution in [-0.4, -0.2) is 13.1 Å². The summed E-state index contributed by atoms with van der Waals surface area (Å²) in [4.78, 5) is 2.17. The van der Waals surface area contributed by atoms with Crippen molar-refractivity contribution in [3.63, 3.8) is 0 Å². The second kappa shape index (κ2) is 2.89. The highest BCUT2D eigenvalue weighted by molar-refractivity contribution is 5.80. The molecule has 0 saturated heterocycles. The summed E-state index contributed by atoms with van der Waals surface area (Å²) in [5.74, 6) is 0. The van der Waals surface area contributed by atoms with Gasteiger partial charge in [0.15, 0.2) is 0 Å². The van der Waals surface area contributed by atoms with Gasteiger partial charge >= 0.3 is 0 Å². The Morgan fingerprint density at radius 3 is 2.93 bits per heavy atom. The summed E-state index contributed by atoms with van der Waals surface area (Å²) in [5, 5.41) is 6.11. The quantitative estimate of drug-likeness (QED) is 0.669. The molecule has 1 aromatic rings. The summed E-state index contributed by atoms with van der Waals surface area (Å²) in [6.45, 7) is 2.18. The summed E-state index contributed by atoms with van der Waals surface area (Å²) in [7, 11) is 2.09. The molecule has 76 valence electrons. The van der Waals surface area contributed by atoms with Crippen LogP contribution in [0.4, 0.5) is 11.4 Å². The van der Waals surface area contributed by atoms with Crippen LogP contribution in [0.15, 0.2) is 24.4 Å². The fourth-order valence-electron chi connectivity index (χ4n) is 2.32. The van der Waals surface area contributed by atoms with Crippen LogP contribution in [0.25, 0.3) is 12.2 Å². The second-order valence-electron chi connectivity index (χ2n) is 4.19. The van der Waals surface area contributed by atoms with Crippen molar-refractivity contribution in [1.82, 2.24) is 0 Å². The zero-order valence-electron chi connectivity index (χ0n) is 8.99. The maximum absolute atomic E-state index is 3.50. The lowest BCUT2D eigenvalue weighted by Crippen LogP contribution is -2.25. The summed E-state index contributed by atoms with van der Waals surface area (Å²) < 4.78 is 0. The molecule has 15 heavy (non-hydrogen) atoms. The van der Waals surface area contributed by atoms with Gasteiger partial charge in [-0.05, 0) is 18.2 Å². The van der Waals surface area contributed by atoms with E-state index in [0.717, 1.165) is 0 Å². The van der Waals surface area contributed by atoms with Crippen molar-refractivity contribution in [2.45, 2.75) is 13.0 Å². The molecular weight excluding hydrogens is 184 g/mol. The average molecular weight is 198 g/mol. The number of benzene rings is 1. The molecule has 0 aliphatic carbocycles. The Kier molecular flexibility index (Phi) is 1.66. The van der Waals surface area contributed by atoms with Crippen LogP contribution < -0.4 is 20.7 Å². The highest BCUT2D eigenvalue weighted by Gasteiger charge is 2.16. The monoisotopic (exact) mass is 198 g/mol. The molecule has 2 aliphatic rings. The first kappa shape index (κ1) is 8.60. The van der Waals surface area contributed by atoms with E-state index in [4.69, 9.17) is 0 Å². The topological polar surface area (TPSA) is 15.3 Å². The molecule has 0 saturated carbocycles. The van der Waals surface area contributed by atoms with Gasteiger partial charge in [0, 0.05) is 24.5 Å². The van der Waals surface area contributed by atoms with E-state index in [1.54, 1.807) is 0 Å². The number of fused-ring (bicyclic) bond motifs is 3. The van der Waals surface area contributed by atoms with Crippen LogP contribution in [0, 0.1) is 0 Å². The standard InChI is InChI=1S/C13H14N2/c1-9-8-11-6-5-10-4-3-7-15(2)13(10)12(11)14-9/h3-9,14H,1-2H3. The molecule has 1 N–H and O–H groups in total. The molecule has 0 aromatic heterocycles.